The summed E-state index contributed by atoms with van der Waals surface area (Å²) < 4.78 is 161. The van der Waals surface area contributed by atoms with Crippen molar-refractivity contribution in [3.63, 3.8) is 0 Å². The molecule has 0 nitrogen and oxygen atoms in total. The maximum Gasteiger partial charge on any atom is 0.460 e. The molecule has 1 unspecified atom stereocenters. The van der Waals surface area contributed by atoms with Gasteiger partial charge in [0.15, 0.2) is 3.83 Å². The minimum absolute atomic E-state index is 0.276. The lowest BCUT2D eigenvalue weighted by atomic mass is 10.0. The lowest BCUT2D eigenvalue weighted by Gasteiger charge is -2.33. The van der Waals surface area contributed by atoms with Crippen LogP contribution in [0.15, 0.2) is 30.6 Å². The molecule has 0 rings (SSSR count). The second-order valence-corrected chi connectivity index (χ2v) is 7.92. The molecule has 31 heavy (non-hydrogen) atoms. The Morgan fingerprint density at radius 2 is 1.13 bits per heavy atom. The Morgan fingerprint density at radius 1 is 0.806 bits per heavy atom. The number of alkyl halides is 9. The summed E-state index contributed by atoms with van der Waals surface area (Å²) in [6.45, 7) is 5.66. The fraction of sp³-hybridized carbons (Fsp3) is 0.571. The van der Waals surface area contributed by atoms with Crippen molar-refractivity contribution in [2.45, 2.75) is 44.2 Å². The van der Waals surface area contributed by atoms with Crippen LogP contribution in [0.5, 0.6) is 0 Å². The summed E-state index contributed by atoms with van der Waals surface area (Å²) in [5, 5.41) is 0. The molecular weight excluding hydrogens is 768 g/mol. The van der Waals surface area contributed by atoms with Crippen LogP contribution >= 0.6 is 61.1 Å². The maximum atomic E-state index is 12.5. The van der Waals surface area contributed by atoms with E-state index in [0.29, 0.717) is 6.42 Å². The molecular formula is C14H11BrF14I2. The highest BCUT2D eigenvalue weighted by Crippen LogP contribution is 2.55. The molecule has 0 amide bonds. The van der Waals surface area contributed by atoms with Crippen LogP contribution in [0.2, 0.25) is 0 Å². The van der Waals surface area contributed by atoms with Crippen molar-refractivity contribution in [2.75, 3.05) is 0 Å². The first kappa shape index (κ1) is 35.8. The van der Waals surface area contributed by atoms with Crippen LogP contribution in [0.1, 0.15) is 20.3 Å². The first-order chi connectivity index (χ1) is 13.4. The lowest BCUT2D eigenvalue weighted by Crippen LogP contribution is -2.60. The Hall–Kier alpha value is 0.180. The Balaban J connectivity index is -0.000000438. The van der Waals surface area contributed by atoms with Crippen molar-refractivity contribution < 1.29 is 61.5 Å². The van der Waals surface area contributed by atoms with E-state index in [1.807, 2.05) is 6.92 Å². The van der Waals surface area contributed by atoms with Gasteiger partial charge >= 0.3 is 30.0 Å². The molecule has 17 heteroatoms. The van der Waals surface area contributed by atoms with E-state index < -0.39 is 48.0 Å². The second kappa shape index (κ2) is 13.8. The van der Waals surface area contributed by atoms with Gasteiger partial charge in [0.25, 0.3) is 0 Å². The van der Waals surface area contributed by atoms with Crippen LogP contribution in [-0.2, 0) is 0 Å². The fourth-order valence-electron chi connectivity index (χ4n) is 0.911. The van der Waals surface area contributed by atoms with Crippen LogP contribution in [0.3, 0.4) is 0 Å². The van der Waals surface area contributed by atoms with Crippen LogP contribution in [0.4, 0.5) is 61.5 Å². The summed E-state index contributed by atoms with van der Waals surface area (Å²) in [7, 11) is 0. The largest absolute Gasteiger partial charge is 0.460 e. The zero-order valence-electron chi connectivity index (χ0n) is 14.9. The third kappa shape index (κ3) is 10.8. The zero-order chi connectivity index (χ0) is 26.2. The molecule has 0 fully saturated rings. The molecule has 0 N–H and O–H groups in total. The van der Waals surface area contributed by atoms with Crippen LogP contribution in [0.25, 0.3) is 0 Å². The molecule has 0 aliphatic carbocycles. The molecule has 0 aliphatic heterocycles. The van der Waals surface area contributed by atoms with Crippen molar-refractivity contribution >= 4 is 61.1 Å². The van der Waals surface area contributed by atoms with Gasteiger partial charge in [-0.15, -0.1) is 0 Å². The predicted molar refractivity (Wildman–Crippen MR) is 106 cm³/mol. The molecule has 0 saturated carbocycles. The SMILES string of the molecule is C=C(Br)C(F)(F)C(F)(F)C(F)(F)C(F)(F)F.CCC(C)C(F)=C(F)I.FC(F)=C(F)I. The van der Waals surface area contributed by atoms with E-state index in [-0.39, 0.29) is 5.92 Å². The first-order valence-corrected chi connectivity index (χ1v) is 10.00. The van der Waals surface area contributed by atoms with Crippen LogP contribution in [-0.4, -0.2) is 23.9 Å². The quantitative estimate of drug-likeness (QED) is 0.193. The van der Waals surface area contributed by atoms with Crippen LogP contribution in [0, 0.1) is 5.92 Å². The topological polar surface area (TPSA) is 0 Å². The maximum absolute atomic E-state index is 12.5. The van der Waals surface area contributed by atoms with Crippen molar-refractivity contribution in [1.82, 2.24) is 0 Å². The van der Waals surface area contributed by atoms with Gasteiger partial charge in [0.2, 0.25) is 3.83 Å². The molecule has 0 aromatic heterocycles. The molecule has 0 aromatic carbocycles. The molecule has 0 spiro atoms. The number of hydrogen-bond donors (Lipinski definition) is 0. The second-order valence-electron chi connectivity index (χ2n) is 5.06. The molecule has 1 atom stereocenters. The Morgan fingerprint density at radius 3 is 1.26 bits per heavy atom. The third-order valence-electron chi connectivity index (χ3n) is 2.85. The lowest BCUT2D eigenvalue weighted by molar-refractivity contribution is -0.388. The van der Waals surface area contributed by atoms with Gasteiger partial charge in [-0.1, -0.05) is 20.4 Å². The van der Waals surface area contributed by atoms with E-state index >= 15 is 0 Å². The standard InChI is InChI=1S/C6H2BrF9.C6H9F2I.C2F3I/c1-2(7)3(8,9)4(10,11)5(12,13)6(14,15)16;1-3-4(2)5(7)6(8)9;3-1(4)2(5)6/h1H2;4H,3H2,1-2H3;. The van der Waals surface area contributed by atoms with Crippen LogP contribution < -0.4 is 0 Å². The third-order valence-corrected chi connectivity index (χ3v) is 4.27. The van der Waals surface area contributed by atoms with Gasteiger partial charge in [-0.2, -0.15) is 57.1 Å². The summed E-state index contributed by atoms with van der Waals surface area (Å²) in [4.78, 5) is 0. The zero-order valence-corrected chi connectivity index (χ0v) is 20.8. The van der Waals surface area contributed by atoms with Crippen molar-refractivity contribution in [1.29, 1.82) is 0 Å². The van der Waals surface area contributed by atoms with E-state index in [9.17, 15) is 61.5 Å². The Labute approximate surface area is 202 Å². The number of allylic oxidation sites excluding steroid dienone is 2. The van der Waals surface area contributed by atoms with Gasteiger partial charge in [-0.05, 0) is 67.5 Å². The summed E-state index contributed by atoms with van der Waals surface area (Å²) in [6.07, 6.45) is -8.42. The molecule has 0 bridgehead atoms. The van der Waals surface area contributed by atoms with Gasteiger partial charge in [0.1, 0.15) is 5.83 Å². The number of hydrogen-bond acceptors (Lipinski definition) is 0. The molecule has 0 saturated heterocycles. The molecule has 0 heterocycles. The van der Waals surface area contributed by atoms with Crippen molar-refractivity contribution in [3.05, 3.63) is 30.6 Å². The number of halogens is 17. The van der Waals surface area contributed by atoms with E-state index in [4.69, 9.17) is 0 Å². The Kier molecular flexibility index (Phi) is 15.9. The molecule has 0 aromatic rings. The van der Waals surface area contributed by atoms with Gasteiger partial charge in [-0.3, -0.25) is 0 Å². The highest BCUT2D eigenvalue weighted by molar-refractivity contribution is 14.1. The number of rotatable bonds is 5. The molecule has 0 aliphatic rings. The van der Waals surface area contributed by atoms with Gasteiger partial charge < -0.3 is 0 Å². The normalized spacial score (nSPS) is 14.3. The predicted octanol–water partition coefficient (Wildman–Crippen LogP) is 10.4. The fourth-order valence-corrected chi connectivity index (χ4v) is 1.69. The monoisotopic (exact) mass is 778 g/mol. The Bertz CT molecular complexity index is 632. The highest BCUT2D eigenvalue weighted by atomic mass is 127. The van der Waals surface area contributed by atoms with E-state index in [1.54, 1.807) is 22.9 Å². The smallest absolute Gasteiger partial charge is 0.208 e. The molecule has 186 valence electrons. The van der Waals surface area contributed by atoms with Gasteiger partial charge in [-0.25, -0.2) is 4.39 Å². The first-order valence-electron chi connectivity index (χ1n) is 7.05. The summed E-state index contributed by atoms with van der Waals surface area (Å²) in [5.74, 6) is -20.2. The molecule has 0 radical (unpaired) electrons. The summed E-state index contributed by atoms with van der Waals surface area (Å²) >= 11 is 3.91. The van der Waals surface area contributed by atoms with Gasteiger partial charge in [0, 0.05) is 5.92 Å². The minimum atomic E-state index is -6.87. The van der Waals surface area contributed by atoms with Crippen molar-refractivity contribution in [3.8, 4) is 0 Å². The van der Waals surface area contributed by atoms with Crippen molar-refractivity contribution in [2.24, 2.45) is 5.92 Å². The van der Waals surface area contributed by atoms with E-state index in [2.05, 4.69) is 6.58 Å². The average Bonchev–Trinajstić information content (AvgIpc) is 2.59. The van der Waals surface area contributed by atoms with Gasteiger partial charge in [0.05, 0.1) is 4.48 Å². The minimum Gasteiger partial charge on any atom is -0.208 e. The summed E-state index contributed by atoms with van der Waals surface area (Å²) in [6, 6.07) is 0. The average molecular weight is 779 g/mol. The van der Waals surface area contributed by atoms with E-state index in [0.717, 1.165) is 22.6 Å². The summed E-state index contributed by atoms with van der Waals surface area (Å²) in [5.41, 5.74) is 0. The highest BCUT2D eigenvalue weighted by Gasteiger charge is 2.82. The van der Waals surface area contributed by atoms with E-state index in [1.165, 1.54) is 22.6 Å².